The number of likely N-dealkylation sites (tertiary alicyclic amines) is 1. The summed E-state index contributed by atoms with van der Waals surface area (Å²) in [5.74, 6) is -1.14. The molecule has 0 bridgehead atoms. The Bertz CT molecular complexity index is 1210. The third-order valence-electron chi connectivity index (χ3n) is 5.21. The number of Topliss-reactive ketones (excluding diaryl/α,β-unsaturated/α-hetero) is 1. The number of nitro groups is 1. The number of aliphatic hydroxyl groups is 1. The van der Waals surface area contributed by atoms with E-state index in [9.17, 15) is 24.8 Å². The molecule has 1 saturated heterocycles. The number of carbonyl (C=O) groups excluding carboxylic acids is 2. The Kier molecular flexibility index (Phi) is 5.46. The minimum atomic E-state index is -1.04. The van der Waals surface area contributed by atoms with Crippen molar-refractivity contribution in [1.29, 1.82) is 0 Å². The molecule has 4 rings (SSSR count). The smallest absolute Gasteiger partial charge is 0.296 e. The predicted octanol–water partition coefficient (Wildman–Crippen LogP) is 3.82. The number of hydrogen-bond acceptors (Lipinski definition) is 7. The van der Waals surface area contributed by atoms with Crippen LogP contribution in [0.2, 0.25) is 0 Å². The third-order valence-corrected chi connectivity index (χ3v) is 5.21. The fraction of sp³-hybridized carbons (Fsp3) is 0.130. The van der Waals surface area contributed by atoms with Gasteiger partial charge in [-0.15, -0.1) is 0 Å². The first kappa shape index (κ1) is 20.9. The van der Waals surface area contributed by atoms with Crippen molar-refractivity contribution in [1.82, 2.24) is 4.90 Å². The van der Waals surface area contributed by atoms with Crippen molar-refractivity contribution in [2.75, 3.05) is 7.11 Å². The lowest BCUT2D eigenvalue weighted by Gasteiger charge is -2.24. The number of nitro benzene ring substituents is 1. The van der Waals surface area contributed by atoms with Crippen LogP contribution in [0.4, 0.5) is 5.69 Å². The number of non-ortho nitro benzene ring substituents is 1. The number of methoxy groups -OCH3 is 1. The maximum absolute atomic E-state index is 13.0. The van der Waals surface area contributed by atoms with Gasteiger partial charge in [0.1, 0.15) is 17.3 Å². The maximum atomic E-state index is 13.0. The van der Waals surface area contributed by atoms with Crippen molar-refractivity contribution in [2.24, 2.45) is 0 Å². The van der Waals surface area contributed by atoms with E-state index in [2.05, 4.69) is 0 Å². The number of carbonyl (C=O) groups is 2. The lowest BCUT2D eigenvalue weighted by molar-refractivity contribution is -0.384. The molecule has 1 amide bonds. The first-order chi connectivity index (χ1) is 15.4. The summed E-state index contributed by atoms with van der Waals surface area (Å²) in [5, 5.41) is 22.3. The molecule has 2 aromatic carbocycles. The van der Waals surface area contributed by atoms with Crippen molar-refractivity contribution in [3.63, 3.8) is 0 Å². The maximum Gasteiger partial charge on any atom is 0.296 e. The van der Waals surface area contributed by atoms with Crippen LogP contribution in [0, 0.1) is 10.1 Å². The van der Waals surface area contributed by atoms with E-state index in [0.717, 1.165) is 0 Å². The van der Waals surface area contributed by atoms with E-state index in [-0.39, 0.29) is 23.6 Å². The average Bonchev–Trinajstić information content (AvgIpc) is 3.41. The molecule has 9 heteroatoms. The van der Waals surface area contributed by atoms with Crippen molar-refractivity contribution in [2.45, 2.75) is 12.6 Å². The fourth-order valence-electron chi connectivity index (χ4n) is 3.67. The Morgan fingerprint density at radius 1 is 1.16 bits per heavy atom. The first-order valence-electron chi connectivity index (χ1n) is 9.60. The van der Waals surface area contributed by atoms with Gasteiger partial charge in [-0.1, -0.05) is 12.1 Å². The highest BCUT2D eigenvalue weighted by Crippen LogP contribution is 2.41. The van der Waals surface area contributed by atoms with Gasteiger partial charge in [-0.3, -0.25) is 19.7 Å². The molecule has 0 spiro atoms. The number of ketones is 1. The second kappa shape index (κ2) is 8.38. The summed E-state index contributed by atoms with van der Waals surface area (Å²) in [5.41, 5.74) is 0.264. The average molecular weight is 434 g/mol. The van der Waals surface area contributed by atoms with Gasteiger partial charge >= 0.3 is 0 Å². The lowest BCUT2D eigenvalue weighted by Crippen LogP contribution is -2.29. The molecular formula is C23H18N2O7. The van der Waals surface area contributed by atoms with E-state index in [1.54, 1.807) is 42.5 Å². The summed E-state index contributed by atoms with van der Waals surface area (Å²) >= 11 is 0. The second-order valence-corrected chi connectivity index (χ2v) is 7.09. The van der Waals surface area contributed by atoms with E-state index in [1.165, 1.54) is 36.5 Å². The molecule has 9 nitrogen and oxygen atoms in total. The summed E-state index contributed by atoms with van der Waals surface area (Å²) in [7, 11) is 1.50. The van der Waals surface area contributed by atoms with Crippen LogP contribution in [-0.4, -0.2) is 33.7 Å². The minimum absolute atomic E-state index is 0.0513. The molecular weight excluding hydrogens is 416 g/mol. The number of benzene rings is 2. The van der Waals surface area contributed by atoms with Gasteiger partial charge < -0.3 is 19.2 Å². The van der Waals surface area contributed by atoms with Crippen LogP contribution in [0.1, 0.15) is 22.9 Å². The summed E-state index contributed by atoms with van der Waals surface area (Å²) in [6.45, 7) is -0.0513. The highest BCUT2D eigenvalue weighted by molar-refractivity contribution is 6.46. The molecule has 1 aliphatic rings. The van der Waals surface area contributed by atoms with Crippen LogP contribution in [-0.2, 0) is 16.1 Å². The van der Waals surface area contributed by atoms with E-state index < -0.39 is 22.7 Å². The highest BCUT2D eigenvalue weighted by atomic mass is 16.6. The molecule has 2 heterocycles. The number of amides is 1. The summed E-state index contributed by atoms with van der Waals surface area (Å²) < 4.78 is 10.4. The zero-order valence-corrected chi connectivity index (χ0v) is 16.9. The van der Waals surface area contributed by atoms with E-state index in [1.807, 2.05) is 0 Å². The molecule has 1 atom stereocenters. The summed E-state index contributed by atoms with van der Waals surface area (Å²) in [6.07, 6.45) is 1.44. The molecule has 162 valence electrons. The molecule has 1 N–H and O–H groups in total. The van der Waals surface area contributed by atoms with Gasteiger partial charge in [0.25, 0.3) is 17.4 Å². The molecule has 1 aliphatic heterocycles. The van der Waals surface area contributed by atoms with Crippen molar-refractivity contribution in [3.05, 3.63) is 99.5 Å². The quantitative estimate of drug-likeness (QED) is 0.206. The van der Waals surface area contributed by atoms with E-state index in [0.29, 0.717) is 22.6 Å². The molecule has 0 aliphatic carbocycles. The van der Waals surface area contributed by atoms with E-state index in [4.69, 9.17) is 9.15 Å². The molecule has 1 aromatic heterocycles. The number of nitrogens with zero attached hydrogens (tertiary/aromatic N) is 2. The van der Waals surface area contributed by atoms with Crippen LogP contribution >= 0.6 is 0 Å². The summed E-state index contributed by atoms with van der Waals surface area (Å²) in [4.78, 5) is 37.9. The zero-order chi connectivity index (χ0) is 22.8. The minimum Gasteiger partial charge on any atom is -0.507 e. The van der Waals surface area contributed by atoms with Gasteiger partial charge in [0.15, 0.2) is 0 Å². The largest absolute Gasteiger partial charge is 0.507 e. The number of hydrogen-bond donors (Lipinski definition) is 1. The normalized spacial score (nSPS) is 17.5. The zero-order valence-electron chi connectivity index (χ0n) is 16.9. The van der Waals surface area contributed by atoms with E-state index >= 15 is 0 Å². The molecule has 1 fully saturated rings. The SMILES string of the molecule is COc1ccc(/C(O)=C2/C(=O)C(=O)N(Cc3ccco3)C2c2cccc([N+](=O)[O-])c2)cc1. The number of aliphatic hydroxyl groups excluding tert-OH is 1. The van der Waals surface area contributed by atoms with Crippen molar-refractivity contribution >= 4 is 23.1 Å². The Hall–Kier alpha value is -4.40. The molecule has 0 radical (unpaired) electrons. The van der Waals surface area contributed by atoms with Gasteiger partial charge in [0.2, 0.25) is 0 Å². The topological polar surface area (TPSA) is 123 Å². The Balaban J connectivity index is 1.87. The monoisotopic (exact) mass is 434 g/mol. The number of ether oxygens (including phenoxy) is 1. The van der Waals surface area contributed by atoms with Crippen LogP contribution in [0.3, 0.4) is 0 Å². The van der Waals surface area contributed by atoms with Gasteiger partial charge in [-0.05, 0) is 42.0 Å². The molecule has 32 heavy (non-hydrogen) atoms. The third kappa shape index (κ3) is 3.71. The van der Waals surface area contributed by atoms with Crippen molar-refractivity contribution in [3.8, 4) is 5.75 Å². The van der Waals surface area contributed by atoms with Crippen LogP contribution in [0.25, 0.3) is 5.76 Å². The lowest BCUT2D eigenvalue weighted by atomic mass is 9.95. The van der Waals surface area contributed by atoms with Gasteiger partial charge in [0.05, 0.1) is 36.5 Å². The summed E-state index contributed by atoms with van der Waals surface area (Å²) in [6, 6.07) is 14.2. The predicted molar refractivity (Wildman–Crippen MR) is 113 cm³/mol. The van der Waals surface area contributed by atoms with Gasteiger partial charge in [-0.2, -0.15) is 0 Å². The second-order valence-electron chi connectivity index (χ2n) is 7.09. The Morgan fingerprint density at radius 2 is 1.91 bits per heavy atom. The molecule has 0 saturated carbocycles. The van der Waals surface area contributed by atoms with Crippen LogP contribution < -0.4 is 4.74 Å². The Morgan fingerprint density at radius 3 is 2.53 bits per heavy atom. The first-order valence-corrected chi connectivity index (χ1v) is 9.60. The fourth-order valence-corrected chi connectivity index (χ4v) is 3.67. The Labute approximate surface area is 182 Å². The number of rotatable bonds is 6. The standard InChI is InChI=1S/C23H18N2O7/c1-31-17-9-7-14(8-10-17)21(26)19-20(15-4-2-5-16(12-15)25(29)30)24(23(28)22(19)27)13-18-6-3-11-32-18/h2-12,20,26H,13H2,1H3/b21-19-. The molecule has 1 unspecified atom stereocenters. The van der Waals surface area contributed by atoms with Crippen molar-refractivity contribution < 1.29 is 28.8 Å². The highest BCUT2D eigenvalue weighted by Gasteiger charge is 2.46. The van der Waals surface area contributed by atoms with Crippen LogP contribution in [0.15, 0.2) is 76.9 Å². The van der Waals surface area contributed by atoms with Gasteiger partial charge in [0, 0.05) is 17.7 Å². The van der Waals surface area contributed by atoms with Crippen LogP contribution in [0.5, 0.6) is 5.75 Å². The number of furan rings is 1. The molecule has 3 aromatic rings. The van der Waals surface area contributed by atoms with Gasteiger partial charge in [-0.25, -0.2) is 0 Å².